The smallest absolute Gasteiger partial charge is 0.148 e. The van der Waals surface area contributed by atoms with E-state index in [1.807, 2.05) is 36.6 Å². The van der Waals surface area contributed by atoms with E-state index in [0.717, 1.165) is 33.3 Å². The number of benzene rings is 9. The van der Waals surface area contributed by atoms with E-state index in [-0.39, 0.29) is 0 Å². The monoisotopic (exact) mass is 1500 g/mol. The van der Waals surface area contributed by atoms with Gasteiger partial charge in [-0.25, -0.2) is 0 Å². The quantitative estimate of drug-likeness (QED) is 0.151. The second-order valence-corrected chi connectivity index (χ2v) is 35.6. The third kappa shape index (κ3) is 9.87. The average Bonchev–Trinajstić information content (AvgIpc) is 1.63. The van der Waals surface area contributed by atoms with Crippen molar-refractivity contribution >= 4 is 89.9 Å². The molecular weight excluding hydrogens is 1390 g/mol. The van der Waals surface area contributed by atoms with Gasteiger partial charge in [-0.3, -0.25) is 0 Å². The Balaban J connectivity index is 0.000000126. The topological polar surface area (TPSA) is 48.7 Å². The van der Waals surface area contributed by atoms with Crippen LogP contribution in [0.3, 0.4) is 0 Å². The van der Waals surface area contributed by atoms with Crippen LogP contribution in [0, 0.1) is 166 Å². The maximum Gasteiger partial charge on any atom is 0.148 e. The molecule has 3 aromatic heterocycles. The molecule has 0 N–H and O–H groups in total. The molecule has 3 spiro atoms. The van der Waals surface area contributed by atoms with Crippen LogP contribution in [0.1, 0.15) is 259 Å². The van der Waals surface area contributed by atoms with Crippen LogP contribution in [0.25, 0.3) is 66.3 Å². The van der Waals surface area contributed by atoms with Crippen molar-refractivity contribution in [3.8, 4) is 5.75 Å². The third-order valence-electron chi connectivity index (χ3n) is 30.0. The van der Waals surface area contributed by atoms with Gasteiger partial charge in [0.15, 0.2) is 0 Å². The molecule has 12 aromatic rings. The SMILES string of the molecule is CC1=C(C)c2c(C)c(C)c(C)c(C)c2C2(C=COc3c2ccc2occc32)c2c(C)c(C)c(C)c(C)c21.CC1=C(C)c2c(C)c(C)c(C)c(C)c2C2(C=CSc3c2ccc2ccoc32)c2c(C)c(C)c(C)c(C)c21.CC1=C(C)c2c(C)c(C)c(C)c(C)c2C2(C=CSc3c2ccc2occc32)c2c(C)c(C)c(C)c(C)c21. The zero-order valence-corrected chi connectivity index (χ0v) is 73.0. The maximum atomic E-state index is 6.34. The number of rotatable bonds is 0. The van der Waals surface area contributed by atoms with Crippen LogP contribution in [0.15, 0.2) is 132 Å². The Morgan fingerprint density at radius 1 is 0.243 bits per heavy atom. The van der Waals surface area contributed by atoms with Gasteiger partial charge in [0.25, 0.3) is 0 Å². The summed E-state index contributed by atoms with van der Waals surface area (Å²) in [4.78, 5) is 2.55. The molecule has 6 heteroatoms. The molecule has 18 rings (SSSR count). The van der Waals surface area contributed by atoms with Gasteiger partial charge in [-0.2, -0.15) is 0 Å². The molecule has 9 aromatic carbocycles. The van der Waals surface area contributed by atoms with E-state index < -0.39 is 16.2 Å². The first-order valence-electron chi connectivity index (χ1n) is 39.9. The Hall–Kier alpha value is -9.46. The van der Waals surface area contributed by atoms with E-state index in [1.165, 1.54) is 266 Å². The summed E-state index contributed by atoms with van der Waals surface area (Å²) in [5.41, 5.74) is 64.2. The summed E-state index contributed by atoms with van der Waals surface area (Å²) in [7, 11) is 0. The summed E-state index contributed by atoms with van der Waals surface area (Å²) >= 11 is 3.62. The highest BCUT2D eigenvalue weighted by atomic mass is 32.2. The average molecular weight is 1500 g/mol. The molecule has 0 bridgehead atoms. The van der Waals surface area contributed by atoms with Crippen molar-refractivity contribution in [3.05, 3.63) is 326 Å². The van der Waals surface area contributed by atoms with Crippen LogP contribution < -0.4 is 4.74 Å². The molecule has 564 valence electrons. The Bertz CT molecular complexity index is 5590. The number of thioether (sulfide) groups is 2. The number of hydrogen-bond donors (Lipinski definition) is 0. The van der Waals surface area contributed by atoms with Crippen molar-refractivity contribution in [2.45, 2.75) is 234 Å². The molecule has 0 fully saturated rings. The van der Waals surface area contributed by atoms with Gasteiger partial charge in [0.1, 0.15) is 22.5 Å². The molecule has 6 aliphatic rings. The van der Waals surface area contributed by atoms with Gasteiger partial charge < -0.3 is 18.0 Å². The molecule has 0 unspecified atom stereocenters. The zero-order chi connectivity index (χ0) is 79.6. The van der Waals surface area contributed by atoms with E-state index in [9.17, 15) is 0 Å². The van der Waals surface area contributed by atoms with Crippen LogP contribution in [0.4, 0.5) is 0 Å². The summed E-state index contributed by atoms with van der Waals surface area (Å²) < 4.78 is 24.1. The first-order valence-corrected chi connectivity index (χ1v) is 41.6. The van der Waals surface area contributed by atoms with Crippen molar-refractivity contribution in [1.29, 1.82) is 0 Å². The molecule has 3 aliphatic carbocycles. The van der Waals surface area contributed by atoms with Crippen molar-refractivity contribution in [1.82, 2.24) is 0 Å². The van der Waals surface area contributed by atoms with Crippen LogP contribution in [0.5, 0.6) is 5.75 Å². The van der Waals surface area contributed by atoms with Crippen molar-refractivity contribution in [3.63, 3.8) is 0 Å². The number of furan rings is 3. The highest BCUT2D eigenvalue weighted by Gasteiger charge is 2.51. The van der Waals surface area contributed by atoms with Gasteiger partial charge in [0, 0.05) is 21.2 Å². The van der Waals surface area contributed by atoms with Gasteiger partial charge in [-0.05, 0) is 506 Å². The highest BCUT2D eigenvalue weighted by Crippen LogP contribution is 2.64. The molecule has 0 radical (unpaired) electrons. The maximum absolute atomic E-state index is 6.34. The number of allylic oxidation sites excluding steroid dienone is 9. The predicted molar refractivity (Wildman–Crippen MR) is 475 cm³/mol. The first-order chi connectivity index (χ1) is 52.6. The minimum absolute atomic E-state index is 0.393. The van der Waals surface area contributed by atoms with Crippen LogP contribution in [-0.4, -0.2) is 0 Å². The second-order valence-electron chi connectivity index (χ2n) is 33.8. The highest BCUT2D eigenvalue weighted by molar-refractivity contribution is 8.02. The number of ether oxygens (including phenoxy) is 1. The molecule has 0 saturated heterocycles. The lowest BCUT2D eigenvalue weighted by Crippen LogP contribution is -2.34. The Kier molecular flexibility index (Phi) is 17.9. The second kappa shape index (κ2) is 26.3. The summed E-state index contributed by atoms with van der Waals surface area (Å²) in [5, 5.41) is 8.05. The fourth-order valence-corrected chi connectivity index (χ4v) is 23.8. The summed E-state index contributed by atoms with van der Waals surface area (Å²) in [6, 6.07) is 19.8. The molecular formula is C105H108O4S2. The Labute approximate surface area is 668 Å². The standard InChI is InChI=1S/C35H36O2.2C35H36OS/c2*1-17-19(3)25(9)32-30(21(17)5)23(7)24(8)31-22(6)18(2)20(4)26(10)33(31)35(32)14-16-37-34-27-13-15-36-29(27)12-11-28(34)35;1-17-19(3)25(9)31-29(21(17)5)23(7)24(8)30-22(6)18(2)20(4)26(10)32(30)35(31)14-16-37-34-28(35)12-11-27-13-15-36-33(27)34/h3*11-16H,1-10H3. The van der Waals surface area contributed by atoms with Gasteiger partial charge >= 0.3 is 0 Å². The van der Waals surface area contributed by atoms with Crippen molar-refractivity contribution in [2.24, 2.45) is 0 Å². The van der Waals surface area contributed by atoms with Gasteiger partial charge in [-0.1, -0.05) is 53.9 Å². The predicted octanol–water partition coefficient (Wildman–Crippen LogP) is 29.6. The first kappa shape index (κ1) is 75.6. The minimum Gasteiger partial charge on any atom is -0.464 e. The third-order valence-corrected chi connectivity index (χ3v) is 31.8. The van der Waals surface area contributed by atoms with Crippen molar-refractivity contribution < 1.29 is 18.0 Å². The molecule has 3 aliphatic heterocycles. The minimum atomic E-state index is -0.497. The van der Waals surface area contributed by atoms with E-state index in [0.29, 0.717) is 0 Å². The fraction of sp³-hybridized carbons (Fsp3) is 0.314. The lowest BCUT2D eigenvalue weighted by Gasteiger charge is -2.42. The molecule has 4 nitrogen and oxygen atoms in total. The molecule has 6 heterocycles. The van der Waals surface area contributed by atoms with Crippen LogP contribution in [0.2, 0.25) is 0 Å². The fourth-order valence-electron chi connectivity index (χ4n) is 21.7. The Morgan fingerprint density at radius 3 is 0.883 bits per heavy atom. The van der Waals surface area contributed by atoms with E-state index in [2.05, 4.69) is 285 Å². The lowest BCUT2D eigenvalue weighted by molar-refractivity contribution is 0.448. The molecule has 111 heavy (non-hydrogen) atoms. The largest absolute Gasteiger partial charge is 0.464 e. The number of hydrogen-bond acceptors (Lipinski definition) is 6. The summed E-state index contributed by atoms with van der Waals surface area (Å²) in [6.45, 7) is 69.5. The van der Waals surface area contributed by atoms with Gasteiger partial charge in [0.05, 0.1) is 51.6 Å². The molecule has 0 saturated carbocycles. The summed E-state index contributed by atoms with van der Waals surface area (Å²) in [6.07, 6.45) is 14.7. The van der Waals surface area contributed by atoms with Gasteiger partial charge in [0.2, 0.25) is 0 Å². The normalized spacial score (nSPS) is 15.7. The van der Waals surface area contributed by atoms with E-state index in [4.69, 9.17) is 18.0 Å². The molecule has 0 amide bonds. The lowest BCUT2D eigenvalue weighted by atomic mass is 9.62. The Morgan fingerprint density at radius 2 is 0.523 bits per heavy atom. The van der Waals surface area contributed by atoms with Gasteiger partial charge in [-0.15, -0.1) is 0 Å². The zero-order valence-electron chi connectivity index (χ0n) is 71.3. The van der Waals surface area contributed by atoms with E-state index >= 15 is 0 Å². The van der Waals surface area contributed by atoms with Crippen molar-refractivity contribution in [2.75, 3.05) is 0 Å². The summed E-state index contributed by atoms with van der Waals surface area (Å²) in [5.74, 6) is 0.897. The number of fused-ring (bicyclic) bond motifs is 24. The van der Waals surface area contributed by atoms with Crippen LogP contribution >= 0.6 is 23.5 Å². The molecule has 0 atom stereocenters. The van der Waals surface area contributed by atoms with Crippen LogP contribution in [-0.2, 0) is 16.2 Å². The van der Waals surface area contributed by atoms with E-state index in [1.54, 1.807) is 18.0 Å².